The van der Waals surface area contributed by atoms with Crippen LogP contribution in [0.25, 0.3) is 10.8 Å². The lowest BCUT2D eigenvalue weighted by Crippen LogP contribution is -2.48. The van der Waals surface area contributed by atoms with Crippen molar-refractivity contribution in [3.05, 3.63) is 48.0 Å². The van der Waals surface area contributed by atoms with Crippen LogP contribution in [-0.2, 0) is 6.54 Å². The minimum atomic E-state index is 0.776. The van der Waals surface area contributed by atoms with Gasteiger partial charge in [0.2, 0.25) is 0 Å². The van der Waals surface area contributed by atoms with Crippen LogP contribution in [0.2, 0.25) is 0 Å². The van der Waals surface area contributed by atoms with E-state index in [-0.39, 0.29) is 0 Å². The quantitative estimate of drug-likeness (QED) is 0.810. The van der Waals surface area contributed by atoms with Gasteiger partial charge in [-0.05, 0) is 43.0 Å². The molecule has 4 rings (SSSR count). The van der Waals surface area contributed by atoms with Crippen molar-refractivity contribution in [3.63, 3.8) is 0 Å². The van der Waals surface area contributed by atoms with E-state index in [1.165, 1.54) is 68.4 Å². The molecule has 2 fully saturated rings. The van der Waals surface area contributed by atoms with Crippen molar-refractivity contribution in [2.45, 2.75) is 45.3 Å². The number of hydrogen-bond donors (Lipinski definition) is 0. The van der Waals surface area contributed by atoms with E-state index in [4.69, 9.17) is 0 Å². The molecule has 2 atom stereocenters. The van der Waals surface area contributed by atoms with E-state index in [0.29, 0.717) is 0 Å². The molecule has 3 nitrogen and oxygen atoms in total. The highest BCUT2D eigenvalue weighted by Crippen LogP contribution is 2.23. The predicted octanol–water partition coefficient (Wildman–Crippen LogP) is 3.83. The van der Waals surface area contributed by atoms with Crippen molar-refractivity contribution in [3.8, 4) is 0 Å². The Bertz CT molecular complexity index is 705. The van der Waals surface area contributed by atoms with Crippen molar-refractivity contribution in [1.82, 2.24) is 14.7 Å². The van der Waals surface area contributed by atoms with Crippen LogP contribution in [0.1, 0.15) is 32.3 Å². The standard InChI is InChI=1S/C23H33N3/c1-19-10-11-20(2)26(19)17-16-24-12-14-25(15-13-24)18-22-8-5-7-21-6-3-4-9-23(21)22/h3-9,19-20H,10-18H2,1-2H3. The average Bonchev–Trinajstić information content (AvgIpc) is 2.99. The van der Waals surface area contributed by atoms with Gasteiger partial charge in [-0.1, -0.05) is 42.5 Å². The molecule has 2 aliphatic rings. The van der Waals surface area contributed by atoms with Gasteiger partial charge in [0, 0.05) is 57.9 Å². The molecule has 2 saturated heterocycles. The van der Waals surface area contributed by atoms with E-state index < -0.39 is 0 Å². The van der Waals surface area contributed by atoms with Crippen LogP contribution < -0.4 is 0 Å². The van der Waals surface area contributed by atoms with Gasteiger partial charge in [-0.3, -0.25) is 14.7 Å². The SMILES string of the molecule is CC1CCC(C)N1CCN1CCN(Cc2cccc3ccccc23)CC1. The molecule has 2 aliphatic heterocycles. The highest BCUT2D eigenvalue weighted by Gasteiger charge is 2.27. The van der Waals surface area contributed by atoms with Crippen LogP contribution in [0.3, 0.4) is 0 Å². The molecule has 0 bridgehead atoms. The number of likely N-dealkylation sites (tertiary alicyclic amines) is 1. The van der Waals surface area contributed by atoms with Crippen LogP contribution in [0.15, 0.2) is 42.5 Å². The largest absolute Gasteiger partial charge is 0.300 e. The zero-order chi connectivity index (χ0) is 17.9. The van der Waals surface area contributed by atoms with Gasteiger partial charge in [-0.15, -0.1) is 0 Å². The Hall–Kier alpha value is -1.42. The van der Waals surface area contributed by atoms with Gasteiger partial charge in [0.15, 0.2) is 0 Å². The van der Waals surface area contributed by atoms with Gasteiger partial charge in [-0.25, -0.2) is 0 Å². The topological polar surface area (TPSA) is 9.72 Å². The predicted molar refractivity (Wildman–Crippen MR) is 111 cm³/mol. The third kappa shape index (κ3) is 3.95. The van der Waals surface area contributed by atoms with Gasteiger partial charge in [0.05, 0.1) is 0 Å². The van der Waals surface area contributed by atoms with E-state index in [1.807, 2.05) is 0 Å². The highest BCUT2D eigenvalue weighted by atomic mass is 15.3. The van der Waals surface area contributed by atoms with Crippen LogP contribution in [-0.4, -0.2) is 66.1 Å². The number of piperazine rings is 1. The molecule has 0 amide bonds. The smallest absolute Gasteiger partial charge is 0.0240 e. The minimum Gasteiger partial charge on any atom is -0.300 e. The number of fused-ring (bicyclic) bond motifs is 1. The first kappa shape index (κ1) is 18.0. The zero-order valence-corrected chi connectivity index (χ0v) is 16.4. The van der Waals surface area contributed by atoms with Crippen molar-refractivity contribution >= 4 is 10.8 Å². The third-order valence-corrected chi connectivity index (χ3v) is 6.55. The molecular formula is C23H33N3. The van der Waals surface area contributed by atoms with E-state index in [1.54, 1.807) is 0 Å². The molecule has 3 heteroatoms. The second-order valence-corrected chi connectivity index (χ2v) is 8.27. The molecule has 2 unspecified atom stereocenters. The van der Waals surface area contributed by atoms with Gasteiger partial charge >= 0.3 is 0 Å². The Morgan fingerprint density at radius 3 is 2.19 bits per heavy atom. The van der Waals surface area contributed by atoms with E-state index in [9.17, 15) is 0 Å². The summed E-state index contributed by atoms with van der Waals surface area (Å²) >= 11 is 0. The van der Waals surface area contributed by atoms with Crippen molar-refractivity contribution in [1.29, 1.82) is 0 Å². The molecular weight excluding hydrogens is 318 g/mol. The highest BCUT2D eigenvalue weighted by molar-refractivity contribution is 5.85. The summed E-state index contributed by atoms with van der Waals surface area (Å²) in [6.07, 6.45) is 2.75. The normalized spacial score (nSPS) is 25.9. The number of benzene rings is 2. The van der Waals surface area contributed by atoms with E-state index >= 15 is 0 Å². The summed E-state index contributed by atoms with van der Waals surface area (Å²) in [5.74, 6) is 0. The van der Waals surface area contributed by atoms with Gasteiger partial charge in [0.1, 0.15) is 0 Å². The van der Waals surface area contributed by atoms with Gasteiger partial charge in [-0.2, -0.15) is 0 Å². The summed E-state index contributed by atoms with van der Waals surface area (Å²) in [5.41, 5.74) is 1.47. The molecule has 0 N–H and O–H groups in total. The molecule has 140 valence electrons. The minimum absolute atomic E-state index is 0.776. The lowest BCUT2D eigenvalue weighted by atomic mass is 10.0. The summed E-state index contributed by atoms with van der Waals surface area (Å²) in [6, 6.07) is 17.0. The summed E-state index contributed by atoms with van der Waals surface area (Å²) in [6.45, 7) is 13.1. The maximum absolute atomic E-state index is 2.71. The fourth-order valence-corrected chi connectivity index (χ4v) is 4.79. The summed E-state index contributed by atoms with van der Waals surface area (Å²) in [4.78, 5) is 8.00. The lowest BCUT2D eigenvalue weighted by Gasteiger charge is -2.36. The Kier molecular flexibility index (Phi) is 5.58. The first-order valence-corrected chi connectivity index (χ1v) is 10.4. The zero-order valence-electron chi connectivity index (χ0n) is 16.4. The Morgan fingerprint density at radius 2 is 1.42 bits per heavy atom. The maximum atomic E-state index is 2.71. The van der Waals surface area contributed by atoms with E-state index in [0.717, 1.165) is 18.6 Å². The molecule has 0 aliphatic carbocycles. The lowest BCUT2D eigenvalue weighted by molar-refractivity contribution is 0.106. The Labute approximate surface area is 158 Å². The number of nitrogens with zero attached hydrogens (tertiary/aromatic N) is 3. The molecule has 0 spiro atoms. The van der Waals surface area contributed by atoms with Crippen molar-refractivity contribution in [2.24, 2.45) is 0 Å². The molecule has 2 aromatic carbocycles. The molecule has 0 saturated carbocycles. The van der Waals surface area contributed by atoms with Crippen molar-refractivity contribution in [2.75, 3.05) is 39.3 Å². The summed E-state index contributed by atoms with van der Waals surface area (Å²) in [5, 5.41) is 2.77. The molecule has 2 aromatic rings. The molecule has 26 heavy (non-hydrogen) atoms. The average molecular weight is 352 g/mol. The van der Waals surface area contributed by atoms with E-state index in [2.05, 4.69) is 71.0 Å². The fraction of sp³-hybridized carbons (Fsp3) is 0.565. The maximum Gasteiger partial charge on any atom is 0.0240 e. The van der Waals surface area contributed by atoms with Crippen LogP contribution in [0.5, 0.6) is 0 Å². The number of hydrogen-bond acceptors (Lipinski definition) is 3. The van der Waals surface area contributed by atoms with Gasteiger partial charge < -0.3 is 0 Å². The number of rotatable bonds is 5. The molecule has 0 radical (unpaired) electrons. The summed E-state index contributed by atoms with van der Waals surface area (Å²) < 4.78 is 0. The van der Waals surface area contributed by atoms with Crippen LogP contribution in [0, 0.1) is 0 Å². The van der Waals surface area contributed by atoms with Crippen LogP contribution >= 0.6 is 0 Å². The third-order valence-electron chi connectivity index (χ3n) is 6.55. The first-order valence-electron chi connectivity index (χ1n) is 10.4. The first-order chi connectivity index (χ1) is 12.7. The second-order valence-electron chi connectivity index (χ2n) is 8.27. The molecule has 0 aromatic heterocycles. The Morgan fingerprint density at radius 1 is 0.769 bits per heavy atom. The second kappa shape index (κ2) is 8.08. The van der Waals surface area contributed by atoms with Crippen LogP contribution in [0.4, 0.5) is 0 Å². The monoisotopic (exact) mass is 351 g/mol. The van der Waals surface area contributed by atoms with Crippen molar-refractivity contribution < 1.29 is 0 Å². The fourth-order valence-electron chi connectivity index (χ4n) is 4.79. The summed E-state index contributed by atoms with van der Waals surface area (Å²) in [7, 11) is 0. The Balaban J connectivity index is 1.28. The molecule has 2 heterocycles. The van der Waals surface area contributed by atoms with Gasteiger partial charge in [0.25, 0.3) is 0 Å².